The Labute approximate surface area is 111 Å². The van der Waals surface area contributed by atoms with E-state index < -0.39 is 0 Å². The van der Waals surface area contributed by atoms with Crippen molar-refractivity contribution < 1.29 is 9.90 Å². The minimum Gasteiger partial charge on any atom is -0.508 e. The Hall–Kier alpha value is -2.68. The first kappa shape index (κ1) is 12.8. The smallest absolute Gasteiger partial charge is 0.178 e. The van der Waals surface area contributed by atoms with E-state index in [0.717, 1.165) is 11.3 Å². The first-order valence-electron chi connectivity index (χ1n) is 5.84. The maximum absolute atomic E-state index is 11.6. The number of allylic oxidation sites excluding steroid dienone is 2. The normalized spacial score (nSPS) is 11.2. The van der Waals surface area contributed by atoms with Gasteiger partial charge in [-0.2, -0.15) is 0 Å². The number of rotatable bonds is 4. The average molecular weight is 251 g/mol. The van der Waals surface area contributed by atoms with Crippen LogP contribution in [0.4, 0.5) is 0 Å². The summed E-state index contributed by atoms with van der Waals surface area (Å²) in [5, 5.41) is 9.14. The molecule has 0 bridgehead atoms. The number of hydrogen-bond donors (Lipinski definition) is 1. The van der Waals surface area contributed by atoms with Crippen molar-refractivity contribution >= 4 is 17.9 Å². The van der Waals surface area contributed by atoms with Gasteiger partial charge in [-0.1, -0.05) is 24.3 Å². The number of hydrogen-bond acceptors (Lipinski definition) is 3. The Balaban J connectivity index is 1.98. The van der Waals surface area contributed by atoms with Crippen molar-refractivity contribution in [3.05, 3.63) is 72.1 Å². The van der Waals surface area contributed by atoms with E-state index in [-0.39, 0.29) is 11.5 Å². The largest absolute Gasteiger partial charge is 0.508 e. The van der Waals surface area contributed by atoms with Gasteiger partial charge in [0.15, 0.2) is 5.78 Å². The van der Waals surface area contributed by atoms with Crippen molar-refractivity contribution in [3.63, 3.8) is 0 Å². The first-order chi connectivity index (χ1) is 9.24. The summed E-state index contributed by atoms with van der Waals surface area (Å²) in [5.74, 6) is 0.0947. The fourth-order valence-electron chi connectivity index (χ4n) is 1.46. The van der Waals surface area contributed by atoms with E-state index >= 15 is 0 Å². The molecule has 19 heavy (non-hydrogen) atoms. The molecule has 1 heterocycles. The van der Waals surface area contributed by atoms with Crippen LogP contribution in [0.3, 0.4) is 0 Å². The SMILES string of the molecule is O=C(C=Cc1ccc(O)cc1)C=Cc1ccccn1. The van der Waals surface area contributed by atoms with Crippen LogP contribution in [0.1, 0.15) is 11.3 Å². The second-order valence-corrected chi connectivity index (χ2v) is 3.92. The van der Waals surface area contributed by atoms with Gasteiger partial charge in [-0.05, 0) is 48.1 Å². The van der Waals surface area contributed by atoms with Gasteiger partial charge in [0.1, 0.15) is 5.75 Å². The standard InChI is InChI=1S/C16H13NO2/c18-15-8-4-13(5-9-15)6-10-16(19)11-7-14-3-1-2-12-17-14/h1-12,18H. The van der Waals surface area contributed by atoms with Crippen molar-refractivity contribution in [2.24, 2.45) is 0 Å². The number of phenols is 1. The number of aromatic nitrogens is 1. The molecule has 1 aromatic carbocycles. The Morgan fingerprint density at radius 2 is 1.74 bits per heavy atom. The van der Waals surface area contributed by atoms with Crippen LogP contribution in [0.5, 0.6) is 5.75 Å². The Kier molecular flexibility index (Phi) is 4.24. The molecule has 0 radical (unpaired) electrons. The van der Waals surface area contributed by atoms with Crippen LogP contribution in [-0.2, 0) is 4.79 Å². The number of carbonyl (C=O) groups is 1. The van der Waals surface area contributed by atoms with Crippen molar-refractivity contribution in [3.8, 4) is 5.75 Å². The number of benzene rings is 1. The molecule has 0 unspecified atom stereocenters. The lowest BCUT2D eigenvalue weighted by Crippen LogP contribution is -1.85. The molecule has 0 saturated heterocycles. The van der Waals surface area contributed by atoms with Crippen LogP contribution in [-0.4, -0.2) is 15.9 Å². The van der Waals surface area contributed by atoms with Crippen molar-refractivity contribution in [2.75, 3.05) is 0 Å². The van der Waals surface area contributed by atoms with Crippen molar-refractivity contribution in [1.29, 1.82) is 0 Å². The van der Waals surface area contributed by atoms with Gasteiger partial charge >= 0.3 is 0 Å². The molecule has 2 aromatic rings. The number of carbonyl (C=O) groups excluding carboxylic acids is 1. The summed E-state index contributed by atoms with van der Waals surface area (Å²) in [6.07, 6.45) is 8.00. The maximum atomic E-state index is 11.6. The van der Waals surface area contributed by atoms with E-state index in [9.17, 15) is 4.79 Å². The summed E-state index contributed by atoms with van der Waals surface area (Å²) in [6, 6.07) is 12.1. The third-order valence-electron chi connectivity index (χ3n) is 2.44. The molecule has 3 nitrogen and oxygen atoms in total. The molecule has 94 valence electrons. The summed E-state index contributed by atoms with van der Waals surface area (Å²) in [6.45, 7) is 0. The second kappa shape index (κ2) is 6.31. The lowest BCUT2D eigenvalue weighted by atomic mass is 10.2. The molecular weight excluding hydrogens is 238 g/mol. The van der Waals surface area contributed by atoms with Crippen LogP contribution >= 0.6 is 0 Å². The zero-order valence-electron chi connectivity index (χ0n) is 10.2. The van der Waals surface area contributed by atoms with Crippen LogP contribution in [0, 0.1) is 0 Å². The number of ketones is 1. The van der Waals surface area contributed by atoms with E-state index in [1.807, 2.05) is 18.2 Å². The molecule has 0 saturated carbocycles. The van der Waals surface area contributed by atoms with Crippen LogP contribution in [0.25, 0.3) is 12.2 Å². The molecule has 0 fully saturated rings. The number of pyridine rings is 1. The third kappa shape index (κ3) is 4.24. The fraction of sp³-hybridized carbons (Fsp3) is 0. The molecule has 3 heteroatoms. The van der Waals surface area contributed by atoms with Crippen LogP contribution < -0.4 is 0 Å². The second-order valence-electron chi connectivity index (χ2n) is 3.92. The number of aromatic hydroxyl groups is 1. The number of nitrogens with zero attached hydrogens (tertiary/aromatic N) is 1. The predicted octanol–water partition coefficient (Wildman–Crippen LogP) is 3.08. The Bertz CT molecular complexity index is 598. The lowest BCUT2D eigenvalue weighted by Gasteiger charge is -1.93. The highest BCUT2D eigenvalue weighted by atomic mass is 16.3. The highest BCUT2D eigenvalue weighted by Gasteiger charge is 1.92. The summed E-state index contributed by atoms with van der Waals surface area (Å²) in [5.41, 5.74) is 1.60. The summed E-state index contributed by atoms with van der Waals surface area (Å²) < 4.78 is 0. The predicted molar refractivity (Wildman–Crippen MR) is 75.4 cm³/mol. The van der Waals surface area contributed by atoms with Gasteiger partial charge in [0.25, 0.3) is 0 Å². The summed E-state index contributed by atoms with van der Waals surface area (Å²) >= 11 is 0. The molecule has 0 aliphatic carbocycles. The van der Waals surface area contributed by atoms with Gasteiger partial charge in [0, 0.05) is 6.20 Å². The molecular formula is C16H13NO2. The fourth-order valence-corrected chi connectivity index (χ4v) is 1.46. The van der Waals surface area contributed by atoms with Gasteiger partial charge < -0.3 is 5.11 Å². The van der Waals surface area contributed by atoms with Gasteiger partial charge in [-0.25, -0.2) is 0 Å². The monoisotopic (exact) mass is 251 g/mol. The van der Waals surface area contributed by atoms with Crippen molar-refractivity contribution in [2.45, 2.75) is 0 Å². The van der Waals surface area contributed by atoms with E-state index in [4.69, 9.17) is 5.11 Å². The molecule has 2 rings (SSSR count). The van der Waals surface area contributed by atoms with Gasteiger partial charge in [0.05, 0.1) is 5.69 Å². The van der Waals surface area contributed by atoms with E-state index in [1.165, 1.54) is 12.2 Å². The Morgan fingerprint density at radius 1 is 1.00 bits per heavy atom. The molecule has 0 aliphatic heterocycles. The highest BCUT2D eigenvalue weighted by Crippen LogP contribution is 2.10. The summed E-state index contributed by atoms with van der Waals surface area (Å²) in [7, 11) is 0. The molecule has 0 spiro atoms. The van der Waals surface area contributed by atoms with E-state index in [0.29, 0.717) is 0 Å². The topological polar surface area (TPSA) is 50.2 Å². The minimum atomic E-state index is -0.112. The zero-order chi connectivity index (χ0) is 13.5. The zero-order valence-corrected chi connectivity index (χ0v) is 10.2. The van der Waals surface area contributed by atoms with Gasteiger partial charge in [0.2, 0.25) is 0 Å². The van der Waals surface area contributed by atoms with Gasteiger partial charge in [-0.15, -0.1) is 0 Å². The maximum Gasteiger partial charge on any atom is 0.178 e. The van der Waals surface area contributed by atoms with Gasteiger partial charge in [-0.3, -0.25) is 9.78 Å². The lowest BCUT2D eigenvalue weighted by molar-refractivity contribution is -0.110. The number of phenolic OH excluding ortho intramolecular Hbond substituents is 1. The highest BCUT2D eigenvalue weighted by molar-refractivity contribution is 6.04. The van der Waals surface area contributed by atoms with Crippen molar-refractivity contribution in [1.82, 2.24) is 4.98 Å². The Morgan fingerprint density at radius 3 is 2.42 bits per heavy atom. The average Bonchev–Trinajstić information content (AvgIpc) is 2.45. The van der Waals surface area contributed by atoms with E-state index in [1.54, 1.807) is 42.6 Å². The quantitative estimate of drug-likeness (QED) is 0.849. The van der Waals surface area contributed by atoms with E-state index in [2.05, 4.69) is 4.98 Å². The summed E-state index contributed by atoms with van der Waals surface area (Å²) in [4.78, 5) is 15.7. The molecule has 0 amide bonds. The van der Waals surface area contributed by atoms with Crippen LogP contribution in [0.2, 0.25) is 0 Å². The first-order valence-corrected chi connectivity index (χ1v) is 5.84. The molecule has 0 atom stereocenters. The molecule has 1 aromatic heterocycles. The third-order valence-corrected chi connectivity index (χ3v) is 2.44. The van der Waals surface area contributed by atoms with Crippen LogP contribution in [0.15, 0.2) is 60.8 Å². The molecule has 1 N–H and O–H groups in total. The molecule has 0 aliphatic rings. The minimum absolute atomic E-state index is 0.112.